The van der Waals surface area contributed by atoms with E-state index in [9.17, 15) is 0 Å². The van der Waals surface area contributed by atoms with E-state index in [-0.39, 0.29) is 24.6 Å². The average molecular weight is 154 g/mol. The van der Waals surface area contributed by atoms with Crippen LogP contribution in [0.15, 0.2) is 0 Å². The lowest BCUT2D eigenvalue weighted by Gasteiger charge is -2.22. The molecule has 1 rings (SSSR count). The van der Waals surface area contributed by atoms with Crippen LogP contribution in [0.4, 0.5) is 0 Å². The first-order valence-electron chi connectivity index (χ1n) is 2.80. The van der Waals surface area contributed by atoms with Crippen LogP contribution in [-0.2, 0) is 4.74 Å². The highest BCUT2D eigenvalue weighted by Gasteiger charge is 2.16. The number of ether oxygens (including phenoxy) is 1. The Bertz CT molecular complexity index is 73.4. The summed E-state index contributed by atoms with van der Waals surface area (Å²) in [6, 6.07) is 0.0405. The van der Waals surface area contributed by atoms with Crippen molar-refractivity contribution in [1.82, 2.24) is 0 Å². The zero-order valence-electron chi connectivity index (χ0n) is 5.12. The van der Waals surface area contributed by atoms with E-state index in [2.05, 4.69) is 0 Å². The molecular weight excluding hydrogens is 142 g/mol. The van der Waals surface area contributed by atoms with Crippen molar-refractivity contribution in [1.29, 1.82) is 0 Å². The lowest BCUT2D eigenvalue weighted by Crippen LogP contribution is -2.38. The lowest BCUT2D eigenvalue weighted by atomic mass is 10.1. The van der Waals surface area contributed by atoms with Crippen LogP contribution >= 0.6 is 12.4 Å². The summed E-state index contributed by atoms with van der Waals surface area (Å²) >= 11 is 0. The lowest BCUT2D eigenvalue weighted by molar-refractivity contribution is -0.0154. The Morgan fingerprint density at radius 1 is 1.44 bits per heavy atom. The summed E-state index contributed by atoms with van der Waals surface area (Å²) in [5.41, 5.74) is 5.44. The fourth-order valence-electron chi connectivity index (χ4n) is 0.841. The molecule has 0 radical (unpaired) electrons. The van der Waals surface area contributed by atoms with Crippen molar-refractivity contribution in [3.8, 4) is 0 Å². The van der Waals surface area contributed by atoms with Crippen LogP contribution in [0, 0.1) is 0 Å². The van der Waals surface area contributed by atoms with E-state index in [4.69, 9.17) is 15.6 Å². The molecular formula is C5H12ClNO2. The molecule has 3 N–H and O–H groups in total. The molecule has 0 amide bonds. The van der Waals surface area contributed by atoms with Gasteiger partial charge in [0.2, 0.25) is 0 Å². The van der Waals surface area contributed by atoms with E-state index in [1.165, 1.54) is 0 Å². The average Bonchev–Trinajstić information content (AvgIpc) is 1.64. The molecule has 56 valence electrons. The first-order valence-corrected chi connectivity index (χ1v) is 2.80. The highest BCUT2D eigenvalue weighted by atomic mass is 35.5. The maximum atomic E-state index is 8.87. The quantitative estimate of drug-likeness (QED) is 0.494. The summed E-state index contributed by atoms with van der Waals surface area (Å²) in [6.07, 6.45) is 0.346. The predicted molar refractivity (Wildman–Crippen MR) is 36.7 cm³/mol. The second-order valence-electron chi connectivity index (χ2n) is 2.19. The van der Waals surface area contributed by atoms with Crippen LogP contribution in [-0.4, -0.2) is 30.5 Å². The van der Waals surface area contributed by atoms with Gasteiger partial charge in [0.15, 0.2) is 0 Å². The number of rotatable bonds is 0. The van der Waals surface area contributed by atoms with Gasteiger partial charge in [-0.1, -0.05) is 0 Å². The third kappa shape index (κ3) is 3.01. The first-order chi connectivity index (χ1) is 3.79. The molecule has 1 heterocycles. The molecule has 0 bridgehead atoms. The van der Waals surface area contributed by atoms with Gasteiger partial charge in [-0.2, -0.15) is 0 Å². The van der Waals surface area contributed by atoms with E-state index < -0.39 is 0 Å². The standard InChI is InChI=1S/C5H11NO2.ClH/c6-4-1-5(7)3-8-2-4;/h4-5,7H,1-3,6H2;1H/t4-,5+;/m0./s1. The number of aliphatic hydroxyl groups is 1. The van der Waals surface area contributed by atoms with Crippen LogP contribution in [0.2, 0.25) is 0 Å². The minimum atomic E-state index is -0.334. The van der Waals surface area contributed by atoms with Gasteiger partial charge in [0.1, 0.15) is 0 Å². The van der Waals surface area contributed by atoms with Gasteiger partial charge in [-0.15, -0.1) is 12.4 Å². The molecule has 1 aliphatic rings. The summed E-state index contributed by atoms with van der Waals surface area (Å²) in [7, 11) is 0. The van der Waals surface area contributed by atoms with E-state index in [1.807, 2.05) is 0 Å². The van der Waals surface area contributed by atoms with Crippen LogP contribution in [0.5, 0.6) is 0 Å². The Morgan fingerprint density at radius 2 is 2.11 bits per heavy atom. The van der Waals surface area contributed by atoms with Crippen LogP contribution < -0.4 is 5.73 Å². The number of nitrogens with two attached hydrogens (primary N) is 1. The van der Waals surface area contributed by atoms with E-state index in [1.54, 1.807) is 0 Å². The predicted octanol–water partition coefficient (Wildman–Crippen LogP) is -0.483. The third-order valence-corrected chi connectivity index (χ3v) is 1.22. The largest absolute Gasteiger partial charge is 0.391 e. The Labute approximate surface area is 60.6 Å². The Morgan fingerprint density at radius 3 is 2.44 bits per heavy atom. The van der Waals surface area contributed by atoms with Gasteiger partial charge in [-0.05, 0) is 6.42 Å². The number of aliphatic hydroxyl groups excluding tert-OH is 1. The van der Waals surface area contributed by atoms with Gasteiger partial charge >= 0.3 is 0 Å². The van der Waals surface area contributed by atoms with Crippen molar-refractivity contribution >= 4 is 12.4 Å². The van der Waals surface area contributed by atoms with E-state index in [0.717, 1.165) is 0 Å². The third-order valence-electron chi connectivity index (χ3n) is 1.22. The normalized spacial score (nSPS) is 35.3. The molecule has 3 nitrogen and oxygen atoms in total. The molecule has 9 heavy (non-hydrogen) atoms. The number of hydrogen-bond donors (Lipinski definition) is 2. The Balaban J connectivity index is 0.000000640. The highest BCUT2D eigenvalue weighted by Crippen LogP contribution is 2.03. The van der Waals surface area contributed by atoms with E-state index in [0.29, 0.717) is 19.6 Å². The highest BCUT2D eigenvalue weighted by molar-refractivity contribution is 5.85. The molecule has 1 saturated heterocycles. The second-order valence-corrected chi connectivity index (χ2v) is 2.19. The smallest absolute Gasteiger partial charge is 0.0789 e. The van der Waals surface area contributed by atoms with Crippen molar-refractivity contribution in [3.05, 3.63) is 0 Å². The molecule has 1 fully saturated rings. The molecule has 0 spiro atoms. The van der Waals surface area contributed by atoms with Crippen molar-refractivity contribution in [3.63, 3.8) is 0 Å². The number of halogens is 1. The van der Waals surface area contributed by atoms with Gasteiger partial charge < -0.3 is 15.6 Å². The maximum Gasteiger partial charge on any atom is 0.0789 e. The van der Waals surface area contributed by atoms with Gasteiger partial charge in [0.25, 0.3) is 0 Å². The van der Waals surface area contributed by atoms with Crippen LogP contribution in [0.1, 0.15) is 6.42 Å². The Hall–Kier alpha value is 0.170. The monoisotopic (exact) mass is 153 g/mol. The molecule has 0 saturated carbocycles. The summed E-state index contributed by atoms with van der Waals surface area (Å²) in [5.74, 6) is 0. The fraction of sp³-hybridized carbons (Fsp3) is 1.00. The summed E-state index contributed by atoms with van der Waals surface area (Å²) in [5, 5.41) is 8.87. The summed E-state index contributed by atoms with van der Waals surface area (Å²) in [6.45, 7) is 1.05. The molecule has 1 aliphatic heterocycles. The van der Waals surface area contributed by atoms with Gasteiger partial charge in [0.05, 0.1) is 19.3 Å². The van der Waals surface area contributed by atoms with Crippen LogP contribution in [0.3, 0.4) is 0 Å². The SMILES string of the molecule is Cl.N[C@@H]1COC[C@H](O)C1. The van der Waals surface area contributed by atoms with Crippen molar-refractivity contribution in [2.24, 2.45) is 5.73 Å². The molecule has 2 atom stereocenters. The first kappa shape index (κ1) is 9.17. The van der Waals surface area contributed by atoms with Gasteiger partial charge in [-0.3, -0.25) is 0 Å². The summed E-state index contributed by atoms with van der Waals surface area (Å²) < 4.78 is 4.92. The maximum absolute atomic E-state index is 8.87. The van der Waals surface area contributed by atoms with Gasteiger partial charge in [0, 0.05) is 6.04 Å². The topological polar surface area (TPSA) is 55.5 Å². The zero-order chi connectivity index (χ0) is 5.98. The van der Waals surface area contributed by atoms with E-state index >= 15 is 0 Å². The minimum Gasteiger partial charge on any atom is -0.391 e. The van der Waals surface area contributed by atoms with Crippen LogP contribution in [0.25, 0.3) is 0 Å². The fourth-order valence-corrected chi connectivity index (χ4v) is 0.841. The second kappa shape index (κ2) is 4.06. The molecule has 0 aromatic carbocycles. The Kier molecular flexibility index (Phi) is 4.14. The van der Waals surface area contributed by atoms with Gasteiger partial charge in [-0.25, -0.2) is 0 Å². The molecule has 4 heteroatoms. The summed E-state index contributed by atoms with van der Waals surface area (Å²) in [4.78, 5) is 0. The minimum absolute atomic E-state index is 0. The van der Waals surface area contributed by atoms with Crippen molar-refractivity contribution in [2.45, 2.75) is 18.6 Å². The number of hydrogen-bond acceptors (Lipinski definition) is 3. The van der Waals surface area contributed by atoms with Crippen molar-refractivity contribution < 1.29 is 9.84 Å². The zero-order valence-corrected chi connectivity index (χ0v) is 5.93. The molecule has 0 unspecified atom stereocenters. The molecule has 0 aliphatic carbocycles. The molecule has 0 aromatic rings. The molecule has 0 aromatic heterocycles. The van der Waals surface area contributed by atoms with Crippen molar-refractivity contribution in [2.75, 3.05) is 13.2 Å².